The fourth-order valence-corrected chi connectivity index (χ4v) is 1.64. The monoisotopic (exact) mass is 149 g/mol. The van der Waals surface area contributed by atoms with Crippen molar-refractivity contribution in [1.29, 1.82) is 0 Å². The molecule has 0 aromatic heterocycles. The van der Waals surface area contributed by atoms with Crippen molar-refractivity contribution in [2.75, 3.05) is 0 Å². The van der Waals surface area contributed by atoms with Gasteiger partial charge in [-0.25, -0.2) is 0 Å². The van der Waals surface area contributed by atoms with E-state index in [9.17, 15) is 0 Å². The predicted octanol–water partition coefficient (Wildman–Crippen LogP) is 2.03. The Labute approximate surface area is 63.4 Å². The lowest BCUT2D eigenvalue weighted by atomic mass is 10.3. The number of hydrogen-bond acceptors (Lipinski definition) is 1. The summed E-state index contributed by atoms with van der Waals surface area (Å²) in [5.41, 5.74) is 1.10. The number of rotatable bonds is 0. The average Bonchev–Trinajstić information content (AvgIpc) is 2.05. The molecule has 2 rings (SSSR count). The summed E-state index contributed by atoms with van der Waals surface area (Å²) in [4.78, 5) is 5.50. The molecule has 0 N–H and O–H groups in total. The third kappa shape index (κ3) is 0.907. The first kappa shape index (κ1) is 5.86. The first-order valence-corrected chi connectivity index (χ1v) is 4.09. The van der Waals surface area contributed by atoms with Crippen LogP contribution in [0.3, 0.4) is 0 Å². The highest BCUT2D eigenvalue weighted by atomic mass is 32.1. The largest absolute Gasteiger partial charge is 0.255 e. The smallest absolute Gasteiger partial charge is 0.0758 e. The van der Waals surface area contributed by atoms with Gasteiger partial charge in [0.25, 0.3) is 0 Å². The van der Waals surface area contributed by atoms with Gasteiger partial charge in [0.1, 0.15) is 0 Å². The van der Waals surface area contributed by atoms with Crippen molar-refractivity contribution in [3.8, 4) is 0 Å². The lowest BCUT2D eigenvalue weighted by Gasteiger charge is -2.01. The second-order valence-corrected chi connectivity index (χ2v) is 3.08. The zero-order valence-corrected chi connectivity index (χ0v) is 6.25. The van der Waals surface area contributed by atoms with Gasteiger partial charge in [-0.1, -0.05) is 12.1 Å². The standard InChI is InChI=1S/C8H7NS/c1-2-4-8-7(3-1)9-5-6-10-8/h1-6,10H. The van der Waals surface area contributed by atoms with Crippen molar-refractivity contribution < 1.29 is 0 Å². The summed E-state index contributed by atoms with van der Waals surface area (Å²) in [6.45, 7) is 0. The molecule has 0 aliphatic carbocycles. The number of thiol groups is 1. The number of nitrogens with zero attached hydrogens (tertiary/aromatic N) is 1. The molecule has 1 aliphatic rings. The predicted molar refractivity (Wildman–Crippen MR) is 47.9 cm³/mol. The molecule has 10 heavy (non-hydrogen) atoms. The van der Waals surface area contributed by atoms with Crippen LogP contribution in [0.15, 0.2) is 34.2 Å². The number of benzene rings is 1. The highest BCUT2D eigenvalue weighted by molar-refractivity contribution is 7.98. The molecule has 0 spiro atoms. The van der Waals surface area contributed by atoms with Crippen LogP contribution < -0.4 is 0 Å². The van der Waals surface area contributed by atoms with E-state index in [0.717, 1.165) is 5.69 Å². The normalized spacial score (nSPS) is 14.0. The van der Waals surface area contributed by atoms with Gasteiger partial charge in [-0.3, -0.25) is 4.99 Å². The second kappa shape index (κ2) is 2.39. The van der Waals surface area contributed by atoms with Crippen LogP contribution in [0.4, 0.5) is 5.69 Å². The summed E-state index contributed by atoms with van der Waals surface area (Å²) in [5.74, 6) is 0. The molecule has 0 bridgehead atoms. The molecule has 0 amide bonds. The molecule has 0 radical (unpaired) electrons. The number of fused-ring (bicyclic) bond motifs is 1. The zero-order chi connectivity index (χ0) is 6.81. The highest BCUT2D eigenvalue weighted by Gasteiger charge is 1.95. The van der Waals surface area contributed by atoms with Crippen LogP contribution in [-0.4, -0.2) is 11.6 Å². The summed E-state index contributed by atoms with van der Waals surface area (Å²) < 4.78 is 0. The van der Waals surface area contributed by atoms with E-state index >= 15 is 0 Å². The molecule has 1 aliphatic heterocycles. The summed E-state index contributed by atoms with van der Waals surface area (Å²) in [6.07, 6.45) is 1.85. The molecule has 1 nitrogen and oxygen atoms in total. The van der Waals surface area contributed by atoms with Gasteiger partial charge in [-0.2, -0.15) is 11.4 Å². The van der Waals surface area contributed by atoms with Gasteiger partial charge in [0, 0.05) is 11.1 Å². The van der Waals surface area contributed by atoms with Gasteiger partial charge < -0.3 is 0 Å². The van der Waals surface area contributed by atoms with E-state index in [0.29, 0.717) is 0 Å². The molecule has 50 valence electrons. The van der Waals surface area contributed by atoms with Gasteiger partial charge in [-0.05, 0) is 17.5 Å². The third-order valence-corrected chi connectivity index (χ3v) is 2.31. The van der Waals surface area contributed by atoms with Crippen molar-refractivity contribution in [2.24, 2.45) is 4.99 Å². The van der Waals surface area contributed by atoms with Crippen LogP contribution in [0.2, 0.25) is 0 Å². The van der Waals surface area contributed by atoms with Crippen LogP contribution in [0, 0.1) is 0 Å². The van der Waals surface area contributed by atoms with Crippen molar-refractivity contribution in [1.82, 2.24) is 0 Å². The zero-order valence-electron chi connectivity index (χ0n) is 5.36. The quantitative estimate of drug-likeness (QED) is 0.428. The Bertz CT molecular complexity index is 271. The molecule has 0 saturated carbocycles. The van der Waals surface area contributed by atoms with Gasteiger partial charge in [0.2, 0.25) is 0 Å². The summed E-state index contributed by atoms with van der Waals surface area (Å²) in [7, 11) is 0. The molecule has 0 fully saturated rings. The maximum Gasteiger partial charge on any atom is 0.0758 e. The number of para-hydroxylation sites is 1. The second-order valence-electron chi connectivity index (χ2n) is 2.05. The minimum absolute atomic E-state index is 1.10. The van der Waals surface area contributed by atoms with Crippen LogP contribution in [0.1, 0.15) is 0 Å². The molecule has 0 unspecified atom stereocenters. The molecule has 1 heterocycles. The minimum atomic E-state index is 1.10. The molecule has 2 heteroatoms. The van der Waals surface area contributed by atoms with E-state index in [1.807, 2.05) is 29.8 Å². The van der Waals surface area contributed by atoms with E-state index in [2.05, 4.69) is 11.1 Å². The van der Waals surface area contributed by atoms with E-state index in [-0.39, 0.29) is 0 Å². The first-order valence-electron chi connectivity index (χ1n) is 3.12. The summed E-state index contributed by atoms with van der Waals surface area (Å²) in [5, 5.41) is 2.04. The Morgan fingerprint density at radius 3 is 3.00 bits per heavy atom. The summed E-state index contributed by atoms with van der Waals surface area (Å²) in [6, 6.07) is 8.19. The Morgan fingerprint density at radius 1 is 1.20 bits per heavy atom. The van der Waals surface area contributed by atoms with Crippen molar-refractivity contribution >= 4 is 28.6 Å². The molecule has 1 aromatic carbocycles. The maximum atomic E-state index is 4.21. The SMILES string of the molecule is C1=Nc2ccccc2[SH]=C1. The number of aliphatic imine (C=N–C) groups is 1. The first-order chi connectivity index (χ1) is 4.97. The minimum Gasteiger partial charge on any atom is -0.255 e. The van der Waals surface area contributed by atoms with Crippen LogP contribution >= 0.6 is 11.4 Å². The molecule has 0 atom stereocenters. The van der Waals surface area contributed by atoms with E-state index in [1.54, 1.807) is 0 Å². The Balaban J connectivity index is 2.65. The molecular formula is C8H7NS. The van der Waals surface area contributed by atoms with Gasteiger partial charge in [0.15, 0.2) is 0 Å². The van der Waals surface area contributed by atoms with Crippen molar-refractivity contribution in [3.05, 3.63) is 24.3 Å². The van der Waals surface area contributed by atoms with E-state index in [4.69, 9.17) is 0 Å². The van der Waals surface area contributed by atoms with Crippen LogP contribution in [0.5, 0.6) is 0 Å². The van der Waals surface area contributed by atoms with E-state index in [1.165, 1.54) is 16.2 Å². The lowest BCUT2D eigenvalue weighted by molar-refractivity contribution is 1.39. The van der Waals surface area contributed by atoms with Gasteiger partial charge in [0.05, 0.1) is 5.69 Å². The Hall–Kier alpha value is -0.890. The molecule has 1 aromatic rings. The fourth-order valence-electron chi connectivity index (χ4n) is 0.910. The molecule has 0 saturated heterocycles. The Kier molecular flexibility index (Phi) is 1.40. The van der Waals surface area contributed by atoms with Crippen LogP contribution in [0.25, 0.3) is 0 Å². The van der Waals surface area contributed by atoms with Crippen LogP contribution in [-0.2, 0) is 0 Å². The maximum absolute atomic E-state index is 4.21. The molecular weight excluding hydrogens is 142 g/mol. The van der Waals surface area contributed by atoms with Gasteiger partial charge in [-0.15, -0.1) is 0 Å². The van der Waals surface area contributed by atoms with Crippen molar-refractivity contribution in [3.63, 3.8) is 0 Å². The topological polar surface area (TPSA) is 12.4 Å². The van der Waals surface area contributed by atoms with E-state index < -0.39 is 0 Å². The lowest BCUT2D eigenvalue weighted by Crippen LogP contribution is -1.80. The third-order valence-electron chi connectivity index (χ3n) is 1.38. The van der Waals surface area contributed by atoms with Gasteiger partial charge >= 0.3 is 0 Å². The highest BCUT2D eigenvalue weighted by Crippen LogP contribution is 2.25. The van der Waals surface area contributed by atoms with Crippen molar-refractivity contribution in [2.45, 2.75) is 4.90 Å². The summed E-state index contributed by atoms with van der Waals surface area (Å²) >= 11 is 1.26. The fraction of sp³-hybridized carbons (Fsp3) is 0. The Morgan fingerprint density at radius 2 is 2.10 bits per heavy atom. The average molecular weight is 149 g/mol. The number of hydrogen-bond donors (Lipinski definition) is 1.